The molecule has 1 aliphatic heterocycles. The van der Waals surface area contributed by atoms with Crippen LogP contribution in [0.1, 0.15) is 28.8 Å². The quantitative estimate of drug-likeness (QED) is 0.852. The predicted molar refractivity (Wildman–Crippen MR) is 91.6 cm³/mol. The lowest BCUT2D eigenvalue weighted by Gasteiger charge is -2.34. The number of rotatable bonds is 3. The fourth-order valence-corrected chi connectivity index (χ4v) is 3.62. The van der Waals surface area contributed by atoms with Crippen LogP contribution in [-0.4, -0.2) is 39.8 Å². The molecule has 0 bridgehead atoms. The highest BCUT2D eigenvalue weighted by Gasteiger charge is 2.51. The number of halogens is 2. The van der Waals surface area contributed by atoms with Gasteiger partial charge in [-0.25, -0.2) is 14.4 Å². The molecule has 1 N–H and O–H groups in total. The Morgan fingerprint density at radius 2 is 2.04 bits per heavy atom. The minimum Gasteiger partial charge on any atom is -0.328 e. The first kappa shape index (κ1) is 16.1. The molecule has 2 heterocycles. The second-order valence-electron chi connectivity index (χ2n) is 6.40. The number of benzene rings is 1. The van der Waals surface area contributed by atoms with Gasteiger partial charge in [0, 0.05) is 22.0 Å². The van der Waals surface area contributed by atoms with Crippen LogP contribution in [0.3, 0.4) is 0 Å². The highest BCUT2D eigenvalue weighted by atomic mass is 79.9. The van der Waals surface area contributed by atoms with Crippen molar-refractivity contribution >= 4 is 33.7 Å². The van der Waals surface area contributed by atoms with Crippen molar-refractivity contribution in [3.8, 4) is 0 Å². The van der Waals surface area contributed by atoms with Crippen molar-refractivity contribution in [1.29, 1.82) is 0 Å². The zero-order valence-electron chi connectivity index (χ0n) is 13.1. The normalized spacial score (nSPS) is 17.4. The van der Waals surface area contributed by atoms with Gasteiger partial charge in [0.1, 0.15) is 6.54 Å². The molecule has 0 unspecified atom stereocenters. The zero-order chi connectivity index (χ0) is 17.6. The molecule has 1 spiro atoms. The van der Waals surface area contributed by atoms with E-state index in [2.05, 4.69) is 31.2 Å². The molecule has 0 saturated heterocycles. The summed E-state index contributed by atoms with van der Waals surface area (Å²) in [6, 6.07) is 5.64. The summed E-state index contributed by atoms with van der Waals surface area (Å²) in [6.45, 7) is 0.434. The number of nitrogens with zero attached hydrogens (tertiary/aromatic N) is 3. The molecule has 1 aliphatic carbocycles. The SMILES string of the molecule is O=C(CN1CC2(CC2)c2cc(Br)ccc2C1=O)Nc1ncc(F)cn1. The van der Waals surface area contributed by atoms with E-state index in [1.54, 1.807) is 11.0 Å². The van der Waals surface area contributed by atoms with Crippen molar-refractivity contribution in [1.82, 2.24) is 14.9 Å². The summed E-state index contributed by atoms with van der Waals surface area (Å²) in [5.41, 5.74) is 1.67. The van der Waals surface area contributed by atoms with Gasteiger partial charge in [0.05, 0.1) is 12.4 Å². The first-order valence-electron chi connectivity index (χ1n) is 7.84. The molecule has 1 fully saturated rings. The molecular weight excluding hydrogens is 391 g/mol. The summed E-state index contributed by atoms with van der Waals surface area (Å²) >= 11 is 3.46. The third-order valence-corrected chi connectivity index (χ3v) is 5.12. The number of hydrogen-bond donors (Lipinski definition) is 1. The fraction of sp³-hybridized carbons (Fsp3) is 0.294. The molecule has 2 aliphatic rings. The molecule has 4 rings (SSSR count). The molecular formula is C17H14BrFN4O2. The van der Waals surface area contributed by atoms with Crippen molar-refractivity contribution in [2.24, 2.45) is 0 Å². The van der Waals surface area contributed by atoms with Crippen molar-refractivity contribution < 1.29 is 14.0 Å². The molecule has 0 atom stereocenters. The van der Waals surface area contributed by atoms with Gasteiger partial charge in [-0.1, -0.05) is 15.9 Å². The standard InChI is InChI=1S/C17H14BrFN4O2/c18-10-1-2-12-13(5-10)17(3-4-17)9-23(15(12)25)8-14(24)22-16-20-6-11(19)7-21-16/h1-2,5-7H,3-4,8-9H2,(H,20,21,22,24). The van der Waals surface area contributed by atoms with Gasteiger partial charge in [-0.05, 0) is 36.6 Å². The maximum Gasteiger partial charge on any atom is 0.254 e. The van der Waals surface area contributed by atoms with E-state index in [-0.39, 0.29) is 23.8 Å². The molecule has 2 amide bonds. The predicted octanol–water partition coefficient (Wildman–Crippen LogP) is 2.50. The lowest BCUT2D eigenvalue weighted by atomic mass is 9.86. The number of nitrogens with one attached hydrogen (secondary N) is 1. The lowest BCUT2D eigenvalue weighted by molar-refractivity contribution is -0.117. The maximum absolute atomic E-state index is 12.8. The largest absolute Gasteiger partial charge is 0.328 e. The topological polar surface area (TPSA) is 75.2 Å². The summed E-state index contributed by atoms with van der Waals surface area (Å²) in [5.74, 6) is -1.13. The van der Waals surface area contributed by atoms with Gasteiger partial charge in [0.2, 0.25) is 11.9 Å². The number of carbonyl (C=O) groups is 2. The first-order valence-corrected chi connectivity index (χ1v) is 8.63. The Morgan fingerprint density at radius 1 is 1.32 bits per heavy atom. The Labute approximate surface area is 151 Å². The Balaban J connectivity index is 1.52. The summed E-state index contributed by atoms with van der Waals surface area (Å²) in [7, 11) is 0. The van der Waals surface area contributed by atoms with Crippen LogP contribution in [0.2, 0.25) is 0 Å². The summed E-state index contributed by atoms with van der Waals surface area (Å²) in [5, 5.41) is 2.49. The van der Waals surface area contributed by atoms with Gasteiger partial charge in [0.15, 0.2) is 5.82 Å². The van der Waals surface area contributed by atoms with E-state index in [4.69, 9.17) is 0 Å². The van der Waals surface area contributed by atoms with Gasteiger partial charge >= 0.3 is 0 Å². The van der Waals surface area contributed by atoms with E-state index in [1.807, 2.05) is 12.1 Å². The van der Waals surface area contributed by atoms with Crippen LogP contribution in [0.25, 0.3) is 0 Å². The molecule has 1 saturated carbocycles. The molecule has 8 heteroatoms. The highest BCUT2D eigenvalue weighted by molar-refractivity contribution is 9.10. The summed E-state index contributed by atoms with van der Waals surface area (Å²) < 4.78 is 13.8. The summed E-state index contributed by atoms with van der Waals surface area (Å²) in [6.07, 6.45) is 3.95. The first-order chi connectivity index (χ1) is 12.0. The van der Waals surface area contributed by atoms with E-state index in [1.165, 1.54) is 0 Å². The molecule has 6 nitrogen and oxygen atoms in total. The van der Waals surface area contributed by atoms with Crippen LogP contribution in [0.5, 0.6) is 0 Å². The fourth-order valence-electron chi connectivity index (χ4n) is 3.25. The van der Waals surface area contributed by atoms with E-state index >= 15 is 0 Å². The van der Waals surface area contributed by atoms with Crippen LogP contribution in [0.4, 0.5) is 10.3 Å². The Morgan fingerprint density at radius 3 is 2.72 bits per heavy atom. The van der Waals surface area contributed by atoms with Crippen LogP contribution < -0.4 is 5.32 Å². The molecule has 1 aromatic carbocycles. The van der Waals surface area contributed by atoms with Crippen LogP contribution >= 0.6 is 15.9 Å². The molecule has 0 radical (unpaired) electrons. The smallest absolute Gasteiger partial charge is 0.254 e. The third kappa shape index (κ3) is 3.02. The number of carbonyl (C=O) groups excluding carboxylic acids is 2. The van der Waals surface area contributed by atoms with Crippen molar-refractivity contribution in [2.75, 3.05) is 18.4 Å². The molecule has 128 valence electrons. The van der Waals surface area contributed by atoms with Crippen molar-refractivity contribution in [3.05, 3.63) is 52.0 Å². The maximum atomic E-state index is 12.8. The average Bonchev–Trinajstić information content (AvgIpc) is 3.35. The number of aromatic nitrogens is 2. The van der Waals surface area contributed by atoms with E-state index in [9.17, 15) is 14.0 Å². The van der Waals surface area contributed by atoms with E-state index < -0.39 is 11.7 Å². The molecule has 25 heavy (non-hydrogen) atoms. The summed E-state index contributed by atoms with van der Waals surface area (Å²) in [4.78, 5) is 33.9. The number of anilines is 1. The van der Waals surface area contributed by atoms with Gasteiger partial charge in [-0.15, -0.1) is 0 Å². The molecule has 1 aromatic heterocycles. The lowest BCUT2D eigenvalue weighted by Crippen LogP contribution is -2.46. The van der Waals surface area contributed by atoms with Gasteiger partial charge in [-0.2, -0.15) is 0 Å². The zero-order valence-corrected chi connectivity index (χ0v) is 14.7. The van der Waals surface area contributed by atoms with Crippen LogP contribution in [-0.2, 0) is 10.2 Å². The van der Waals surface area contributed by atoms with Gasteiger partial charge in [0.25, 0.3) is 5.91 Å². The number of fused-ring (bicyclic) bond motifs is 2. The second-order valence-corrected chi connectivity index (χ2v) is 7.32. The number of hydrogen-bond acceptors (Lipinski definition) is 4. The number of amides is 2. The van der Waals surface area contributed by atoms with Crippen molar-refractivity contribution in [3.63, 3.8) is 0 Å². The van der Waals surface area contributed by atoms with Gasteiger partial charge < -0.3 is 4.90 Å². The third-order valence-electron chi connectivity index (χ3n) is 4.62. The van der Waals surface area contributed by atoms with Gasteiger partial charge in [-0.3, -0.25) is 14.9 Å². The molecule has 2 aromatic rings. The van der Waals surface area contributed by atoms with Crippen molar-refractivity contribution in [2.45, 2.75) is 18.3 Å². The Kier molecular flexibility index (Phi) is 3.79. The van der Waals surface area contributed by atoms with Crippen LogP contribution in [0, 0.1) is 5.82 Å². The van der Waals surface area contributed by atoms with E-state index in [0.29, 0.717) is 12.1 Å². The van der Waals surface area contributed by atoms with E-state index in [0.717, 1.165) is 35.3 Å². The second kappa shape index (κ2) is 5.87. The minimum absolute atomic E-state index is 0.0151. The highest BCUT2D eigenvalue weighted by Crippen LogP contribution is 2.52. The average molecular weight is 405 g/mol. The monoisotopic (exact) mass is 404 g/mol. The Hall–Kier alpha value is -2.35. The van der Waals surface area contributed by atoms with Crippen LogP contribution in [0.15, 0.2) is 35.1 Å². The minimum atomic E-state index is -0.581. The Bertz CT molecular complexity index is 867.